The smallest absolute Gasteiger partial charge is 0.288 e. The third kappa shape index (κ3) is 3.65. The van der Waals surface area contributed by atoms with Crippen molar-refractivity contribution >= 4 is 29.1 Å². The van der Waals surface area contributed by atoms with E-state index in [2.05, 4.69) is 11.6 Å². The van der Waals surface area contributed by atoms with Gasteiger partial charge in [-0.2, -0.15) is 11.8 Å². The van der Waals surface area contributed by atoms with Gasteiger partial charge in [-0.15, -0.1) is 0 Å². The highest BCUT2D eigenvalue weighted by atomic mass is 35.5. The minimum Gasteiger partial charge on any atom is -0.311 e. The highest BCUT2D eigenvalue weighted by molar-refractivity contribution is 8.00. The average molecular weight is 315 g/mol. The van der Waals surface area contributed by atoms with E-state index in [1.54, 1.807) is 12.1 Å². The van der Waals surface area contributed by atoms with E-state index >= 15 is 0 Å². The number of nitro benzene ring substituents is 1. The summed E-state index contributed by atoms with van der Waals surface area (Å²) < 4.78 is 0.346. The van der Waals surface area contributed by atoms with Gasteiger partial charge in [0, 0.05) is 23.9 Å². The zero-order valence-electron chi connectivity index (χ0n) is 11.5. The average Bonchev–Trinajstić information content (AvgIpc) is 2.90. The van der Waals surface area contributed by atoms with Crippen molar-refractivity contribution in [1.29, 1.82) is 0 Å². The number of hydrogen-bond acceptors (Lipinski definition) is 4. The molecule has 1 saturated carbocycles. The molecule has 2 rings (SSSR count). The zero-order valence-corrected chi connectivity index (χ0v) is 13.1. The Morgan fingerprint density at radius 1 is 1.45 bits per heavy atom. The molecule has 1 fully saturated rings. The number of benzene rings is 1. The Morgan fingerprint density at radius 3 is 2.75 bits per heavy atom. The quantitative estimate of drug-likeness (QED) is 0.636. The molecular formula is C14H19ClN2O2S. The van der Waals surface area contributed by atoms with Crippen molar-refractivity contribution in [3.63, 3.8) is 0 Å². The van der Waals surface area contributed by atoms with Gasteiger partial charge < -0.3 is 5.32 Å². The van der Waals surface area contributed by atoms with Crippen LogP contribution in [0, 0.1) is 10.1 Å². The maximum Gasteiger partial charge on any atom is 0.288 e. The normalized spacial score (nSPS) is 17.3. The molecule has 6 heteroatoms. The molecule has 0 bridgehead atoms. The fourth-order valence-electron chi connectivity index (χ4n) is 2.72. The number of hydrogen-bond donors (Lipinski definition) is 1. The van der Waals surface area contributed by atoms with Crippen molar-refractivity contribution in [1.82, 2.24) is 5.32 Å². The van der Waals surface area contributed by atoms with E-state index in [4.69, 9.17) is 11.6 Å². The molecule has 1 aliphatic carbocycles. The van der Waals surface area contributed by atoms with Crippen molar-refractivity contribution < 1.29 is 4.92 Å². The standard InChI is InChI=1S/C14H19ClN2O2S/c1-20-14(6-2-3-7-14)10-16-9-11-4-5-12(15)13(8-11)17(18)19/h4-5,8,16H,2-3,6-7,9-10H2,1H3. The lowest BCUT2D eigenvalue weighted by Gasteiger charge is -2.27. The second-order valence-electron chi connectivity index (χ2n) is 5.24. The number of nitrogens with zero attached hydrogens (tertiary/aromatic N) is 1. The maximum absolute atomic E-state index is 10.9. The molecule has 0 aromatic heterocycles. The highest BCUT2D eigenvalue weighted by Crippen LogP contribution is 2.39. The van der Waals surface area contributed by atoms with Gasteiger partial charge in [0.1, 0.15) is 5.02 Å². The van der Waals surface area contributed by atoms with Gasteiger partial charge in [-0.1, -0.05) is 30.5 Å². The summed E-state index contributed by atoms with van der Waals surface area (Å²) in [4.78, 5) is 10.4. The summed E-state index contributed by atoms with van der Waals surface area (Å²) in [7, 11) is 0. The number of halogens is 1. The Kier molecular flexibility index (Phi) is 5.29. The predicted octanol–water partition coefficient (Wildman–Crippen LogP) is 4.01. The van der Waals surface area contributed by atoms with Crippen LogP contribution in [0.25, 0.3) is 0 Å². The van der Waals surface area contributed by atoms with E-state index in [-0.39, 0.29) is 10.7 Å². The molecule has 1 N–H and O–H groups in total. The van der Waals surface area contributed by atoms with Crippen LogP contribution in [-0.2, 0) is 6.54 Å². The number of nitro groups is 1. The van der Waals surface area contributed by atoms with Crippen LogP contribution in [0.4, 0.5) is 5.69 Å². The van der Waals surface area contributed by atoms with Gasteiger partial charge in [0.25, 0.3) is 5.69 Å². The summed E-state index contributed by atoms with van der Waals surface area (Å²) in [5.74, 6) is 0. The highest BCUT2D eigenvalue weighted by Gasteiger charge is 2.32. The van der Waals surface area contributed by atoms with Crippen molar-refractivity contribution in [3.05, 3.63) is 38.9 Å². The van der Waals surface area contributed by atoms with Crippen molar-refractivity contribution in [2.24, 2.45) is 0 Å². The summed E-state index contributed by atoms with van der Waals surface area (Å²) in [5.41, 5.74) is 0.877. The Bertz CT molecular complexity index is 490. The maximum atomic E-state index is 10.9. The molecule has 0 spiro atoms. The van der Waals surface area contributed by atoms with Gasteiger partial charge in [-0.3, -0.25) is 10.1 Å². The Hall–Kier alpha value is -0.780. The second-order valence-corrected chi connectivity index (χ2v) is 6.92. The summed E-state index contributed by atoms with van der Waals surface area (Å²) in [6.45, 7) is 1.59. The largest absolute Gasteiger partial charge is 0.311 e. The SMILES string of the molecule is CSC1(CNCc2ccc(Cl)c([N+](=O)[O-])c2)CCCC1. The van der Waals surface area contributed by atoms with Crippen LogP contribution in [0.3, 0.4) is 0 Å². The summed E-state index contributed by atoms with van der Waals surface area (Å²) >= 11 is 7.74. The Balaban J connectivity index is 1.94. The Morgan fingerprint density at radius 2 is 2.15 bits per heavy atom. The van der Waals surface area contributed by atoms with Gasteiger partial charge in [0.15, 0.2) is 0 Å². The monoisotopic (exact) mass is 314 g/mol. The molecule has 1 aromatic rings. The summed E-state index contributed by atoms with van der Waals surface area (Å²) in [6.07, 6.45) is 7.27. The minimum atomic E-state index is -0.438. The molecule has 20 heavy (non-hydrogen) atoms. The lowest BCUT2D eigenvalue weighted by molar-refractivity contribution is -0.384. The van der Waals surface area contributed by atoms with Crippen LogP contribution in [0.5, 0.6) is 0 Å². The molecule has 0 atom stereocenters. The van der Waals surface area contributed by atoms with E-state index < -0.39 is 4.92 Å². The van der Waals surface area contributed by atoms with Gasteiger partial charge in [0.2, 0.25) is 0 Å². The first-order valence-electron chi connectivity index (χ1n) is 6.75. The molecular weight excluding hydrogens is 296 g/mol. The van der Waals surface area contributed by atoms with Crippen molar-refractivity contribution in [3.8, 4) is 0 Å². The van der Waals surface area contributed by atoms with Crippen molar-refractivity contribution in [2.45, 2.75) is 37.0 Å². The summed E-state index contributed by atoms with van der Waals surface area (Å²) in [5, 5.41) is 14.5. The van der Waals surface area contributed by atoms with Crippen LogP contribution in [0.1, 0.15) is 31.2 Å². The topological polar surface area (TPSA) is 55.2 Å². The third-order valence-corrected chi connectivity index (χ3v) is 5.67. The minimum absolute atomic E-state index is 0.0218. The third-order valence-electron chi connectivity index (χ3n) is 3.93. The van der Waals surface area contributed by atoms with Crippen LogP contribution >= 0.6 is 23.4 Å². The zero-order chi connectivity index (χ0) is 14.6. The molecule has 0 heterocycles. The molecule has 0 unspecified atom stereocenters. The fraction of sp³-hybridized carbons (Fsp3) is 0.571. The molecule has 4 nitrogen and oxygen atoms in total. The summed E-state index contributed by atoms with van der Waals surface area (Å²) in [6, 6.07) is 4.98. The molecule has 1 aromatic carbocycles. The number of thioether (sulfide) groups is 1. The fourth-order valence-corrected chi connectivity index (χ4v) is 3.85. The van der Waals surface area contributed by atoms with E-state index in [1.807, 2.05) is 17.8 Å². The predicted molar refractivity (Wildman–Crippen MR) is 84.5 cm³/mol. The van der Waals surface area contributed by atoms with E-state index in [0.717, 1.165) is 12.1 Å². The van der Waals surface area contributed by atoms with Crippen LogP contribution in [0.15, 0.2) is 18.2 Å². The van der Waals surface area contributed by atoms with E-state index in [0.29, 0.717) is 11.3 Å². The molecule has 0 saturated heterocycles. The van der Waals surface area contributed by atoms with Crippen LogP contribution in [0.2, 0.25) is 5.02 Å². The molecule has 110 valence electrons. The lowest BCUT2D eigenvalue weighted by Crippen LogP contribution is -2.34. The van der Waals surface area contributed by atoms with E-state index in [9.17, 15) is 10.1 Å². The first kappa shape index (κ1) is 15.6. The van der Waals surface area contributed by atoms with Crippen LogP contribution in [-0.4, -0.2) is 22.5 Å². The molecule has 0 aliphatic heterocycles. The molecule has 1 aliphatic rings. The first-order valence-corrected chi connectivity index (χ1v) is 8.35. The second kappa shape index (κ2) is 6.78. The van der Waals surface area contributed by atoms with Gasteiger partial charge in [0.05, 0.1) is 4.92 Å². The van der Waals surface area contributed by atoms with Gasteiger partial charge in [-0.05, 0) is 30.7 Å². The Labute approximate surface area is 128 Å². The van der Waals surface area contributed by atoms with E-state index in [1.165, 1.54) is 25.7 Å². The van der Waals surface area contributed by atoms with Gasteiger partial charge >= 0.3 is 0 Å². The van der Waals surface area contributed by atoms with Crippen LogP contribution < -0.4 is 5.32 Å². The first-order chi connectivity index (χ1) is 9.56. The number of nitrogens with one attached hydrogen (secondary N) is 1. The lowest BCUT2D eigenvalue weighted by atomic mass is 10.1. The molecule has 0 radical (unpaired) electrons. The van der Waals surface area contributed by atoms with Gasteiger partial charge in [-0.25, -0.2) is 0 Å². The molecule has 0 amide bonds. The number of rotatable bonds is 6. The van der Waals surface area contributed by atoms with Crippen molar-refractivity contribution in [2.75, 3.05) is 12.8 Å².